The van der Waals surface area contributed by atoms with E-state index in [2.05, 4.69) is 32.6 Å². The van der Waals surface area contributed by atoms with Gasteiger partial charge in [-0.25, -0.2) is 0 Å². The molecule has 0 aromatic carbocycles. The molecule has 1 N–H and O–H groups in total. The van der Waals surface area contributed by atoms with E-state index in [9.17, 15) is 5.11 Å². The maximum Gasteiger partial charge on any atom is 0.0593 e. The topological polar surface area (TPSA) is 41.9 Å². The molecule has 0 saturated heterocycles. The zero-order chi connectivity index (χ0) is 56.2. The average Bonchev–Trinajstić information content (AvgIpc) is 3.44. The lowest BCUT2D eigenvalue weighted by molar-refractivity contribution is 0.0427. The van der Waals surface area contributed by atoms with Gasteiger partial charge in [-0.2, -0.15) is 0 Å². The summed E-state index contributed by atoms with van der Waals surface area (Å²) >= 11 is 0. The Hall–Kier alpha value is -0.160. The molecule has 0 aromatic heterocycles. The van der Waals surface area contributed by atoms with Crippen molar-refractivity contribution in [2.75, 3.05) is 52.7 Å². The summed E-state index contributed by atoms with van der Waals surface area (Å²) in [6.45, 7) is 15.4. The van der Waals surface area contributed by atoms with Crippen molar-refractivity contribution in [2.24, 2.45) is 11.8 Å². The quantitative estimate of drug-likeness (QED) is 0.0617. The number of hydrogen-bond donors (Lipinski definition) is 1. The Balaban J connectivity index is 4.78. The van der Waals surface area contributed by atoms with Gasteiger partial charge in [0.25, 0.3) is 0 Å². The number of aliphatic hydroxyl groups is 1. The van der Waals surface area contributed by atoms with Crippen LogP contribution in [0.1, 0.15) is 413 Å². The third-order valence-corrected chi connectivity index (χ3v) is 18.1. The Morgan fingerprint density at radius 1 is 0.231 bits per heavy atom. The first-order valence-corrected chi connectivity index (χ1v) is 37.2. The first kappa shape index (κ1) is 77.8. The highest BCUT2D eigenvalue weighted by molar-refractivity contribution is 4.65. The Kier molecular flexibility index (Phi) is 71.0. The minimum Gasteiger partial charge on any atom is -0.395 e. The van der Waals surface area contributed by atoms with E-state index in [1.54, 1.807) is 0 Å². The molecule has 4 nitrogen and oxygen atoms in total. The van der Waals surface area contributed by atoms with E-state index in [1.807, 2.05) is 0 Å². The van der Waals surface area contributed by atoms with Gasteiger partial charge < -0.3 is 14.6 Å². The van der Waals surface area contributed by atoms with Gasteiger partial charge in [-0.3, -0.25) is 4.90 Å². The van der Waals surface area contributed by atoms with E-state index in [0.29, 0.717) is 11.8 Å². The summed E-state index contributed by atoms with van der Waals surface area (Å²) in [6.07, 6.45) is 85.4. The number of unbranched alkanes of at least 4 members (excludes halogenated alkanes) is 52. The van der Waals surface area contributed by atoms with Crippen LogP contribution in [0.3, 0.4) is 0 Å². The molecule has 0 heterocycles. The second-order valence-electron chi connectivity index (χ2n) is 26.0. The van der Waals surface area contributed by atoms with Crippen molar-refractivity contribution in [3.63, 3.8) is 0 Å². The molecule has 0 unspecified atom stereocenters. The Bertz CT molecular complexity index is 882. The van der Waals surface area contributed by atoms with Gasteiger partial charge in [0.1, 0.15) is 0 Å². The van der Waals surface area contributed by atoms with E-state index in [1.165, 1.54) is 385 Å². The highest BCUT2D eigenvalue weighted by Crippen LogP contribution is 2.24. The largest absolute Gasteiger partial charge is 0.395 e. The van der Waals surface area contributed by atoms with Gasteiger partial charge in [-0.05, 0) is 37.5 Å². The molecule has 0 bridgehead atoms. The molecule has 0 aliphatic heterocycles. The Labute approximate surface area is 494 Å². The van der Waals surface area contributed by atoms with Gasteiger partial charge in [0.2, 0.25) is 0 Å². The van der Waals surface area contributed by atoms with Crippen LogP contribution < -0.4 is 0 Å². The van der Waals surface area contributed by atoms with E-state index in [0.717, 1.165) is 46.1 Å². The molecule has 0 spiro atoms. The maximum absolute atomic E-state index is 10.0. The van der Waals surface area contributed by atoms with Crippen LogP contribution in [0.2, 0.25) is 0 Å². The molecule has 470 valence electrons. The molecule has 0 radical (unpaired) electrons. The van der Waals surface area contributed by atoms with Crippen LogP contribution >= 0.6 is 0 Å². The summed E-state index contributed by atoms with van der Waals surface area (Å²) in [4.78, 5) is 2.40. The lowest BCUT2D eigenvalue weighted by atomic mass is 9.94. The molecule has 0 aliphatic rings. The van der Waals surface area contributed by atoms with Gasteiger partial charge in [-0.15, -0.1) is 0 Å². The van der Waals surface area contributed by atoms with Crippen LogP contribution in [0.4, 0.5) is 0 Å². The third kappa shape index (κ3) is 65.0. The summed E-state index contributed by atoms with van der Waals surface area (Å²) in [5.41, 5.74) is 0. The lowest BCUT2D eigenvalue weighted by Gasteiger charge is -2.23. The van der Waals surface area contributed by atoms with Crippen LogP contribution in [0, 0.1) is 11.8 Å². The van der Waals surface area contributed by atoms with Gasteiger partial charge in [0.05, 0.1) is 19.8 Å². The fourth-order valence-electron chi connectivity index (χ4n) is 12.5. The summed E-state index contributed by atoms with van der Waals surface area (Å²) in [6, 6.07) is 0. The van der Waals surface area contributed by atoms with E-state index < -0.39 is 0 Å². The van der Waals surface area contributed by atoms with Gasteiger partial charge in [0, 0.05) is 32.8 Å². The summed E-state index contributed by atoms with van der Waals surface area (Å²) < 4.78 is 13.0. The summed E-state index contributed by atoms with van der Waals surface area (Å²) in [5, 5.41) is 10.0. The van der Waals surface area contributed by atoms with Crippen molar-refractivity contribution in [1.82, 2.24) is 4.90 Å². The standard InChI is InChI=1S/C74H151NO3/c1-5-9-13-17-21-25-29-33-37-41-45-49-53-57-61-73(62-58-54-50-46-42-38-34-30-26-22-18-14-10-6-2)71-77-69-66-75(65-68-76)67-70-78-72-74(63-59-55-51-47-43-39-35-31-27-23-19-15-11-7-3)64-60-56-52-48-44-40-36-32-28-24-20-16-12-8-4/h73-74,76H,5-72H2,1-4H3. The number of ether oxygens (including phenoxy) is 2. The van der Waals surface area contributed by atoms with Crippen molar-refractivity contribution < 1.29 is 14.6 Å². The second-order valence-corrected chi connectivity index (χ2v) is 26.0. The third-order valence-electron chi connectivity index (χ3n) is 18.1. The van der Waals surface area contributed by atoms with Crippen molar-refractivity contribution in [1.29, 1.82) is 0 Å². The molecule has 78 heavy (non-hydrogen) atoms. The lowest BCUT2D eigenvalue weighted by Crippen LogP contribution is -2.34. The van der Waals surface area contributed by atoms with Gasteiger partial charge >= 0.3 is 0 Å². The van der Waals surface area contributed by atoms with Crippen LogP contribution in [-0.4, -0.2) is 62.7 Å². The first-order valence-electron chi connectivity index (χ1n) is 37.2. The fourth-order valence-corrected chi connectivity index (χ4v) is 12.5. The predicted molar refractivity (Wildman–Crippen MR) is 352 cm³/mol. The van der Waals surface area contributed by atoms with E-state index in [-0.39, 0.29) is 6.61 Å². The number of nitrogens with zero attached hydrogens (tertiary/aromatic N) is 1. The highest BCUT2D eigenvalue weighted by atomic mass is 16.5. The molecular formula is C74H151NO3. The molecule has 0 aliphatic carbocycles. The average molecular weight is 1100 g/mol. The molecule has 4 heteroatoms. The Morgan fingerprint density at radius 2 is 0.397 bits per heavy atom. The number of hydrogen-bond acceptors (Lipinski definition) is 4. The van der Waals surface area contributed by atoms with Crippen molar-refractivity contribution in [3.05, 3.63) is 0 Å². The number of aliphatic hydroxyl groups excluding tert-OH is 1. The first-order chi connectivity index (χ1) is 38.7. The summed E-state index contributed by atoms with van der Waals surface area (Å²) in [5.74, 6) is 1.40. The van der Waals surface area contributed by atoms with E-state index >= 15 is 0 Å². The maximum atomic E-state index is 10.0. The van der Waals surface area contributed by atoms with Crippen LogP contribution in [0.25, 0.3) is 0 Å². The normalized spacial score (nSPS) is 12.0. The smallest absolute Gasteiger partial charge is 0.0593 e. The van der Waals surface area contributed by atoms with Crippen molar-refractivity contribution in [3.8, 4) is 0 Å². The number of rotatable bonds is 72. The van der Waals surface area contributed by atoms with Crippen molar-refractivity contribution >= 4 is 0 Å². The minimum absolute atomic E-state index is 0.210. The van der Waals surface area contributed by atoms with Crippen LogP contribution in [-0.2, 0) is 9.47 Å². The molecule has 0 fully saturated rings. The van der Waals surface area contributed by atoms with Gasteiger partial charge in [-0.1, -0.05) is 387 Å². The Morgan fingerprint density at radius 3 is 0.564 bits per heavy atom. The van der Waals surface area contributed by atoms with Crippen molar-refractivity contribution in [2.45, 2.75) is 413 Å². The monoisotopic (exact) mass is 1100 g/mol. The van der Waals surface area contributed by atoms with Gasteiger partial charge in [0.15, 0.2) is 0 Å². The fraction of sp³-hybridized carbons (Fsp3) is 1.00. The molecule has 0 atom stereocenters. The SMILES string of the molecule is CCCCCCCCCCCCCCCCC(CCCCCCCCCCCCCCCC)COCCN(CCO)CCOCC(CCCCCCCCCCCCCCCC)CCCCCCCCCCCCCCCC. The molecule has 0 saturated carbocycles. The molecule has 0 rings (SSSR count). The van der Waals surface area contributed by atoms with E-state index in [4.69, 9.17) is 9.47 Å². The second kappa shape index (κ2) is 71.1. The zero-order valence-corrected chi connectivity index (χ0v) is 54.9. The molecular weight excluding hydrogens is 951 g/mol. The predicted octanol–water partition coefficient (Wildman–Crippen LogP) is 25.0. The van der Waals surface area contributed by atoms with Crippen LogP contribution in [0.5, 0.6) is 0 Å². The molecule has 0 aromatic rings. The highest BCUT2D eigenvalue weighted by Gasteiger charge is 2.13. The summed E-state index contributed by atoms with van der Waals surface area (Å²) in [7, 11) is 0. The zero-order valence-electron chi connectivity index (χ0n) is 54.9. The van der Waals surface area contributed by atoms with Crippen LogP contribution in [0.15, 0.2) is 0 Å². The molecule has 0 amide bonds. The minimum atomic E-state index is 0.210.